The Labute approximate surface area is 129 Å². The van der Waals surface area contributed by atoms with Crippen LogP contribution in [0.2, 0.25) is 0 Å². The molecule has 0 spiro atoms. The Balaban J connectivity index is 1.64. The van der Waals surface area contributed by atoms with Gasteiger partial charge in [0.15, 0.2) is 0 Å². The van der Waals surface area contributed by atoms with Crippen molar-refractivity contribution in [2.24, 2.45) is 0 Å². The van der Waals surface area contributed by atoms with E-state index >= 15 is 0 Å². The van der Waals surface area contributed by atoms with Crippen molar-refractivity contribution < 1.29 is 9.59 Å². The highest BCUT2D eigenvalue weighted by atomic mass is 32.1. The summed E-state index contributed by atoms with van der Waals surface area (Å²) in [6.07, 6.45) is 4.32. The van der Waals surface area contributed by atoms with Crippen LogP contribution in [-0.2, 0) is 17.6 Å². The van der Waals surface area contributed by atoms with E-state index in [0.29, 0.717) is 0 Å². The average Bonchev–Trinajstić information content (AvgIpc) is 3.19. The predicted octanol–water partition coefficient (Wildman–Crippen LogP) is 1.24. The highest BCUT2D eigenvalue weighted by Crippen LogP contribution is 2.20. The first kappa shape index (κ1) is 14.2. The standard InChI is InChI=1S/C14H11N5O2S/c20-12(13(21)14-16-18-19-17-14)8-11-2-1-10(22-11)7-9-3-5-15-6-4-9/h1-6H,7-8H2,(H,16,17,18,19). The quantitative estimate of drug-likeness (QED) is 0.542. The van der Waals surface area contributed by atoms with Crippen molar-refractivity contribution in [2.45, 2.75) is 12.8 Å². The van der Waals surface area contributed by atoms with E-state index in [4.69, 9.17) is 0 Å². The van der Waals surface area contributed by atoms with E-state index in [1.54, 1.807) is 12.4 Å². The normalized spacial score (nSPS) is 10.5. The summed E-state index contributed by atoms with van der Waals surface area (Å²) in [5.41, 5.74) is 1.15. The first-order chi connectivity index (χ1) is 10.7. The van der Waals surface area contributed by atoms with Crippen molar-refractivity contribution in [3.63, 3.8) is 0 Å². The molecule has 3 heterocycles. The lowest BCUT2D eigenvalue weighted by molar-refractivity contribution is -0.114. The van der Waals surface area contributed by atoms with Crippen molar-refractivity contribution >= 4 is 22.9 Å². The van der Waals surface area contributed by atoms with Crippen LogP contribution in [0, 0.1) is 0 Å². The van der Waals surface area contributed by atoms with Gasteiger partial charge in [-0.25, -0.2) is 0 Å². The van der Waals surface area contributed by atoms with Crippen LogP contribution in [-0.4, -0.2) is 37.2 Å². The van der Waals surface area contributed by atoms with Crippen molar-refractivity contribution in [1.82, 2.24) is 25.6 Å². The molecule has 3 aromatic heterocycles. The summed E-state index contributed by atoms with van der Waals surface area (Å²) in [6.45, 7) is 0. The van der Waals surface area contributed by atoms with Crippen LogP contribution in [0.4, 0.5) is 0 Å². The minimum atomic E-state index is -0.724. The maximum atomic E-state index is 11.9. The van der Waals surface area contributed by atoms with Gasteiger partial charge < -0.3 is 0 Å². The van der Waals surface area contributed by atoms with Gasteiger partial charge in [0.1, 0.15) is 0 Å². The molecule has 0 aliphatic heterocycles. The molecule has 8 heteroatoms. The summed E-state index contributed by atoms with van der Waals surface area (Å²) in [6, 6.07) is 7.73. The number of pyridine rings is 1. The van der Waals surface area contributed by atoms with Crippen molar-refractivity contribution in [3.8, 4) is 0 Å². The fourth-order valence-electron chi connectivity index (χ4n) is 1.94. The van der Waals surface area contributed by atoms with Gasteiger partial charge in [-0.2, -0.15) is 5.21 Å². The topological polar surface area (TPSA) is 101 Å². The number of tetrazole rings is 1. The first-order valence-corrected chi connectivity index (χ1v) is 7.31. The maximum Gasteiger partial charge on any atom is 0.269 e. The second kappa shape index (κ2) is 6.35. The summed E-state index contributed by atoms with van der Waals surface area (Å²) < 4.78 is 0. The smallest absolute Gasteiger partial charge is 0.269 e. The van der Waals surface area contributed by atoms with Crippen LogP contribution in [0.1, 0.15) is 25.9 Å². The number of carbonyl (C=O) groups is 2. The van der Waals surface area contributed by atoms with E-state index in [1.165, 1.54) is 11.3 Å². The van der Waals surface area contributed by atoms with Gasteiger partial charge in [-0.15, -0.1) is 21.5 Å². The third kappa shape index (κ3) is 3.29. The Bertz CT molecular complexity index is 783. The first-order valence-electron chi connectivity index (χ1n) is 6.50. The lowest BCUT2D eigenvalue weighted by Gasteiger charge is -1.97. The number of Topliss-reactive ketones (excluding diaryl/α,β-unsaturated/α-hetero) is 2. The lowest BCUT2D eigenvalue weighted by Crippen LogP contribution is -2.17. The summed E-state index contributed by atoms with van der Waals surface area (Å²) in [5, 5.41) is 12.5. The number of H-pyrrole nitrogens is 1. The zero-order valence-corrected chi connectivity index (χ0v) is 12.2. The molecule has 0 aromatic carbocycles. The number of carbonyl (C=O) groups excluding carboxylic acids is 2. The van der Waals surface area contributed by atoms with Gasteiger partial charge in [0, 0.05) is 35.0 Å². The third-order valence-corrected chi connectivity index (χ3v) is 4.07. The fourth-order valence-corrected chi connectivity index (χ4v) is 2.99. The van der Waals surface area contributed by atoms with Gasteiger partial charge in [-0.1, -0.05) is 0 Å². The number of hydrogen-bond donors (Lipinski definition) is 1. The van der Waals surface area contributed by atoms with E-state index in [9.17, 15) is 9.59 Å². The van der Waals surface area contributed by atoms with Crippen molar-refractivity contribution in [1.29, 1.82) is 0 Å². The average molecular weight is 313 g/mol. The molecule has 22 heavy (non-hydrogen) atoms. The van der Waals surface area contributed by atoms with Gasteiger partial charge in [0.2, 0.25) is 11.6 Å². The number of rotatable bonds is 6. The molecule has 0 atom stereocenters. The van der Waals surface area contributed by atoms with Crippen LogP contribution in [0.25, 0.3) is 0 Å². The molecular formula is C14H11N5O2S. The molecule has 0 radical (unpaired) electrons. The molecule has 0 aliphatic rings. The molecule has 3 aromatic rings. The number of thiophene rings is 1. The Morgan fingerprint density at radius 1 is 1.09 bits per heavy atom. The zero-order valence-electron chi connectivity index (χ0n) is 11.4. The van der Waals surface area contributed by atoms with Crippen LogP contribution in [0.3, 0.4) is 0 Å². The van der Waals surface area contributed by atoms with Crippen LogP contribution >= 0.6 is 11.3 Å². The number of aromatic nitrogens is 5. The van der Waals surface area contributed by atoms with Gasteiger partial charge in [-0.3, -0.25) is 14.6 Å². The van der Waals surface area contributed by atoms with E-state index < -0.39 is 11.6 Å². The van der Waals surface area contributed by atoms with Gasteiger partial charge in [0.05, 0.1) is 0 Å². The minimum Gasteiger partial charge on any atom is -0.290 e. The van der Waals surface area contributed by atoms with E-state index in [1.807, 2.05) is 24.3 Å². The van der Waals surface area contributed by atoms with Gasteiger partial charge in [-0.05, 0) is 35.0 Å². The Kier molecular flexibility index (Phi) is 4.10. The maximum absolute atomic E-state index is 11.9. The van der Waals surface area contributed by atoms with Crippen LogP contribution < -0.4 is 0 Å². The monoisotopic (exact) mass is 313 g/mol. The highest BCUT2D eigenvalue weighted by Gasteiger charge is 2.21. The molecule has 0 saturated heterocycles. The molecule has 0 saturated carbocycles. The SMILES string of the molecule is O=C(Cc1ccc(Cc2ccncc2)s1)C(=O)c1nn[nH]n1. The Hall–Kier alpha value is -2.74. The fraction of sp³-hybridized carbons (Fsp3) is 0.143. The molecular weight excluding hydrogens is 302 g/mol. The van der Waals surface area contributed by atoms with Crippen LogP contribution in [0.15, 0.2) is 36.7 Å². The van der Waals surface area contributed by atoms with Gasteiger partial charge in [0.25, 0.3) is 5.78 Å². The number of nitrogens with one attached hydrogen (secondary N) is 1. The summed E-state index contributed by atoms with van der Waals surface area (Å²) in [4.78, 5) is 29.6. The molecule has 0 aliphatic carbocycles. The van der Waals surface area contributed by atoms with E-state index in [0.717, 1.165) is 21.7 Å². The predicted molar refractivity (Wildman–Crippen MR) is 78.6 cm³/mol. The number of ketones is 2. The number of aromatic amines is 1. The van der Waals surface area contributed by atoms with Crippen LogP contribution in [0.5, 0.6) is 0 Å². The molecule has 0 fully saturated rings. The minimum absolute atomic E-state index is 0.0500. The van der Waals surface area contributed by atoms with Gasteiger partial charge >= 0.3 is 0 Å². The molecule has 0 bridgehead atoms. The van der Waals surface area contributed by atoms with E-state index in [2.05, 4.69) is 25.6 Å². The summed E-state index contributed by atoms with van der Waals surface area (Å²) >= 11 is 1.51. The Morgan fingerprint density at radius 3 is 2.59 bits per heavy atom. The second-order valence-electron chi connectivity index (χ2n) is 4.56. The molecule has 0 unspecified atom stereocenters. The molecule has 110 valence electrons. The van der Waals surface area contributed by atoms with Crippen molar-refractivity contribution in [3.05, 3.63) is 57.8 Å². The molecule has 0 amide bonds. The zero-order chi connectivity index (χ0) is 15.4. The Morgan fingerprint density at radius 2 is 1.86 bits per heavy atom. The molecule has 3 rings (SSSR count). The summed E-state index contributed by atoms with van der Waals surface area (Å²) in [7, 11) is 0. The molecule has 1 N–H and O–H groups in total. The highest BCUT2D eigenvalue weighted by molar-refractivity contribution is 7.12. The number of nitrogens with zero attached hydrogens (tertiary/aromatic N) is 4. The second-order valence-corrected chi connectivity index (χ2v) is 5.82. The third-order valence-electron chi connectivity index (χ3n) is 2.98. The largest absolute Gasteiger partial charge is 0.290 e. The van der Waals surface area contributed by atoms with E-state index in [-0.39, 0.29) is 12.2 Å². The summed E-state index contributed by atoms with van der Waals surface area (Å²) in [5.74, 6) is -1.46. The lowest BCUT2D eigenvalue weighted by atomic mass is 10.1. The number of hydrogen-bond acceptors (Lipinski definition) is 7. The van der Waals surface area contributed by atoms with Crippen molar-refractivity contribution in [2.75, 3.05) is 0 Å². The molecule has 7 nitrogen and oxygen atoms in total.